The molecule has 3 saturated heterocycles. The van der Waals surface area contributed by atoms with E-state index in [4.69, 9.17) is 56.8 Å². The molecule has 3 saturated carbocycles. The van der Waals surface area contributed by atoms with E-state index < -0.39 is 214 Å². The Bertz CT molecular complexity index is 5300. The molecular weight excluding hydrogens is 1890 g/mol. The van der Waals surface area contributed by atoms with E-state index in [-0.39, 0.29) is 146 Å². The van der Waals surface area contributed by atoms with E-state index in [0.717, 1.165) is 25.7 Å². The summed E-state index contributed by atoms with van der Waals surface area (Å²) in [4.78, 5) is 148. The molecule has 0 spiro atoms. The second-order valence-electron chi connectivity index (χ2n) is 39.4. The number of nitrogens with zero attached hydrogens (tertiary/aromatic N) is 9. The number of hydrogen-bond acceptors (Lipinski definition) is 27. The number of benzene rings is 3. The molecule has 735 valence electrons. The molecule has 6 amide bonds. The number of halogens is 6. The molecule has 3 aliphatic carbocycles. The van der Waals surface area contributed by atoms with Gasteiger partial charge in [0.15, 0.2) is 17.1 Å². The molecule has 33 nitrogen and oxygen atoms in total. The number of alkyl halides is 6. The number of nitrogens with one attached hydrogen (secondary N) is 3. The van der Waals surface area contributed by atoms with Crippen LogP contribution in [0.3, 0.4) is 0 Å². The Kier molecular flexibility index (Phi) is 34.5. The van der Waals surface area contributed by atoms with E-state index >= 15 is 26.3 Å². The molecule has 0 unspecified atom stereocenters. The molecule has 3 N–H and O–H groups in total. The summed E-state index contributed by atoms with van der Waals surface area (Å²) < 4.78 is 163. The largest absolute Gasteiger partial charge is 0.540 e. The van der Waals surface area contributed by atoms with Gasteiger partial charge in [-0.15, -0.1) is 0 Å². The van der Waals surface area contributed by atoms with Crippen molar-refractivity contribution in [2.45, 2.75) is 251 Å². The average Bonchev–Trinajstić information content (AvgIpc) is 1.70. The monoisotopic (exact) mass is 2000 g/mol. The second-order valence-corrected chi connectivity index (χ2v) is 39.4. The fourth-order valence-corrected chi connectivity index (χ4v) is 18.5. The van der Waals surface area contributed by atoms with Crippen LogP contribution in [-0.2, 0) is 131 Å². The van der Waals surface area contributed by atoms with Gasteiger partial charge in [-0.25, -0.2) is 63.1 Å². The maximum atomic E-state index is 15.9. The van der Waals surface area contributed by atoms with Crippen LogP contribution in [0, 0.1) is 51.8 Å². The van der Waals surface area contributed by atoms with Crippen LogP contribution in [0.15, 0.2) is 54.6 Å². The summed E-state index contributed by atoms with van der Waals surface area (Å²) >= 11 is 0. The number of carbonyl (C=O) groups is 6. The molecule has 6 aliphatic heterocycles. The third-order valence-corrected chi connectivity index (χ3v) is 26.7. The van der Waals surface area contributed by atoms with Gasteiger partial charge in [-0.1, -0.05) is 101 Å². The number of alkyl carbamates (subject to hydrolysis) is 3. The smallest absolute Gasteiger partial charge is 0.408 e. The van der Waals surface area contributed by atoms with Crippen molar-refractivity contribution in [3.8, 4) is 34.9 Å². The zero-order valence-electron chi connectivity index (χ0n) is 78.6. The average molecular weight is 2010 g/mol. The van der Waals surface area contributed by atoms with Crippen LogP contribution in [0.4, 0.5) is 40.7 Å². The normalized spacial score (nSPS) is 30.1. The van der Waals surface area contributed by atoms with Gasteiger partial charge in [0.25, 0.3) is 0 Å². The zero-order valence-corrected chi connectivity index (χ0v) is 82.8. The van der Waals surface area contributed by atoms with Gasteiger partial charge in [0.05, 0.1) is 74.1 Å². The van der Waals surface area contributed by atoms with Gasteiger partial charge < -0.3 is 102 Å². The van der Waals surface area contributed by atoms with Gasteiger partial charge in [-0.3, -0.25) is 14.4 Å². The molecule has 6 bridgehead atoms. The SMILES string of the molecule is COc1ccc2nc3c(nc2c1)O[C@H]1CN(C(=O)[C@H](C(C)(C)C)NC(=O)O[C@@H]2CCC[C@H]2CCOCC3(F)F)[C@H]([C-]=O)[C@@H]1C.COc1ccc2nc3c(nc2c1)O[C@H]1CN(C(=O)[C@H](C(C)(C)C)NC(=O)O[C@]2(C)CCC[C@H]2CCOCC3(F)F)[C@H]([C-]=O)[C@@H]1C.COc1ccc2nc3c(nc2c1)O[C@H]1CN(C(=O)[C@H](C(C)(C)C)NC(=O)O[C@]2(C)C[C@H]2CCOCC3(F)F)[C@H]([C-]=O)[C@@H]1C.[V].[V].[V]. The minimum Gasteiger partial charge on any atom is -0.540 e. The van der Waals surface area contributed by atoms with Crippen molar-refractivity contribution in [3.05, 3.63) is 71.7 Å². The first-order valence-corrected chi connectivity index (χ1v) is 44.6. The molecule has 6 aromatic rings. The summed E-state index contributed by atoms with van der Waals surface area (Å²) in [7, 11) is 4.41. The predicted molar refractivity (Wildman–Crippen MR) is 463 cm³/mol. The number of methoxy groups -OCH3 is 3. The molecule has 9 heterocycles. The molecule has 18 atom stereocenters. The van der Waals surface area contributed by atoms with Crippen LogP contribution in [0.5, 0.6) is 34.9 Å². The van der Waals surface area contributed by atoms with Gasteiger partial charge in [-0.05, 0) is 154 Å². The van der Waals surface area contributed by atoms with Crippen molar-refractivity contribution in [1.29, 1.82) is 0 Å². The summed E-state index contributed by atoms with van der Waals surface area (Å²) in [5, 5.41) is 8.20. The maximum Gasteiger partial charge on any atom is 0.408 e. The van der Waals surface area contributed by atoms with Crippen LogP contribution >= 0.6 is 0 Å². The second kappa shape index (κ2) is 43.1. The summed E-state index contributed by atoms with van der Waals surface area (Å²) in [5.41, 5.74) is -4.69. The third-order valence-electron chi connectivity index (χ3n) is 26.7. The van der Waals surface area contributed by atoms with Crippen LogP contribution in [0.1, 0.15) is 178 Å². The zero-order chi connectivity index (χ0) is 95.9. The fraction of sp³-hybridized carbons (Fsp3) is 0.645. The third kappa shape index (κ3) is 24.1. The van der Waals surface area contributed by atoms with Gasteiger partial charge in [0, 0.05) is 106 Å². The van der Waals surface area contributed by atoms with Crippen molar-refractivity contribution in [3.63, 3.8) is 0 Å². The minimum absolute atomic E-state index is 0. The number of hydrogen-bond donors (Lipinski definition) is 3. The standard InChI is InChI=1S/C32H41F2N4O7.C31H39F2N4O7.C30H37F2N4O7.3V/c1-18-23(16-39)38-15-24(18)44-27-25(35-21-10-9-20(42-6)14-22(21)36-27)32(33,34)17-43-13-11-19-8-7-12-31(19,5)45-29(41)37-26(28(38)40)30(2,3)4;1-17-22(15-38)37-14-24(17)43-27-25(34-20-10-9-19(41-5)13-21(20)35-27)31(32,33)16-42-12-11-18-7-6-8-23(18)44-29(40)36-26(28(37)39)30(2,3)4;1-16-21(14-37)36-13-22(16)42-25-23(33-19-8-7-18(40-6)11-20(19)34-25)30(31,32)15-41-10-9-17-12-29(17,5)43-27(39)35-24(26(36)38)28(2,3)4;;;/h9-10,14,18-19,23-24,26H,7-8,11-13,15,17H2,1-6H3,(H,37,41);9-10,13,17-18,22-24,26H,6-8,11-12,14,16H2,1-5H3,(H,36,40);7-8,11,16-17,21-22,24H,9-10,12-13,15H2,1-6H3,(H,35,39);;;/q3*-1;;;/t18-,19-,23+,24-,26+,31+;17-,18-,22+,23+,24-,26+;16-,17+,21+,22-,24+,29+;;;/m000.../s1. The van der Waals surface area contributed by atoms with Gasteiger partial charge in [0.1, 0.15) is 90.8 Å². The number of rotatable bonds is 6. The number of fused-ring (bicyclic) bond motifs is 15. The van der Waals surface area contributed by atoms with Crippen molar-refractivity contribution in [2.75, 3.05) is 80.6 Å². The predicted octanol–water partition coefficient (Wildman–Crippen LogP) is 12.5. The molecule has 9 aliphatic rings. The number of amides is 6. The first-order valence-electron chi connectivity index (χ1n) is 44.6. The quantitative estimate of drug-likeness (QED) is 0.0792. The van der Waals surface area contributed by atoms with Gasteiger partial charge in [0.2, 0.25) is 35.4 Å². The summed E-state index contributed by atoms with van der Waals surface area (Å²) in [5.74, 6) is -14.6. The van der Waals surface area contributed by atoms with Gasteiger partial charge >= 0.3 is 36.0 Å². The Labute approximate surface area is 815 Å². The molecular formula is C93H117F6N12O21V3-3. The summed E-state index contributed by atoms with van der Waals surface area (Å²) in [6.07, 6.45) is 6.25. The first kappa shape index (κ1) is 108. The molecule has 3 aromatic carbocycles. The maximum absolute atomic E-state index is 15.9. The summed E-state index contributed by atoms with van der Waals surface area (Å²) in [6.45, 7) is 21.3. The van der Waals surface area contributed by atoms with E-state index in [1.165, 1.54) is 54.2 Å². The number of ether oxygens (including phenoxy) is 12. The van der Waals surface area contributed by atoms with E-state index in [1.54, 1.807) is 126 Å². The molecule has 135 heavy (non-hydrogen) atoms. The van der Waals surface area contributed by atoms with E-state index in [2.05, 4.69) is 45.9 Å². The Hall–Kier alpha value is -9.08. The van der Waals surface area contributed by atoms with Crippen LogP contribution in [0.25, 0.3) is 33.1 Å². The number of carbonyl (C=O) groups excluding carboxylic acids is 9. The molecule has 3 aromatic heterocycles. The molecule has 42 heteroatoms. The van der Waals surface area contributed by atoms with E-state index in [9.17, 15) is 43.2 Å². The molecule has 6 fully saturated rings. The summed E-state index contributed by atoms with van der Waals surface area (Å²) in [6, 6.07) is 7.66. The minimum atomic E-state index is -3.60. The molecule has 3 radical (unpaired) electrons. The Balaban J connectivity index is 0.000000207. The topological polar surface area (TPSA) is 388 Å². The van der Waals surface area contributed by atoms with Crippen LogP contribution in [0.2, 0.25) is 0 Å². The van der Waals surface area contributed by atoms with Crippen molar-refractivity contribution in [1.82, 2.24) is 60.6 Å². The van der Waals surface area contributed by atoms with E-state index in [1.807, 2.05) is 25.8 Å². The van der Waals surface area contributed by atoms with Crippen LogP contribution in [-0.4, -0.2) is 252 Å². The number of aromatic nitrogens is 6. The van der Waals surface area contributed by atoms with Crippen molar-refractivity contribution >= 4 is 88.0 Å². The fourth-order valence-electron chi connectivity index (χ4n) is 18.5. The Morgan fingerprint density at radius 3 is 1.08 bits per heavy atom. The Morgan fingerprint density at radius 2 is 0.741 bits per heavy atom. The van der Waals surface area contributed by atoms with Crippen LogP contribution < -0.4 is 44.4 Å². The van der Waals surface area contributed by atoms with E-state index in [0.29, 0.717) is 55.8 Å². The molecule has 15 rings (SSSR count). The first-order chi connectivity index (χ1) is 62.1. The van der Waals surface area contributed by atoms with Crippen molar-refractivity contribution in [2.24, 2.45) is 51.8 Å². The Morgan fingerprint density at radius 1 is 0.407 bits per heavy atom. The van der Waals surface area contributed by atoms with Crippen molar-refractivity contribution < 1.29 is 182 Å². The van der Waals surface area contributed by atoms with Gasteiger partial charge in [-0.2, -0.15) is 26.3 Å².